The number of fused-ring (bicyclic) bond motifs is 3. The molecule has 1 unspecified atom stereocenters. The van der Waals surface area contributed by atoms with Crippen LogP contribution in [0.25, 0.3) is 11.3 Å². The zero-order valence-corrected chi connectivity index (χ0v) is 16.4. The van der Waals surface area contributed by atoms with Crippen LogP contribution in [-0.2, 0) is 6.42 Å². The van der Waals surface area contributed by atoms with Gasteiger partial charge in [-0.05, 0) is 23.5 Å². The molecule has 4 rings (SSSR count). The number of nitrogens with zero attached hydrogens (tertiary/aromatic N) is 2. The summed E-state index contributed by atoms with van der Waals surface area (Å²) in [5.41, 5.74) is 5.41. The number of rotatable bonds is 5. The zero-order chi connectivity index (χ0) is 19.7. The molecule has 2 aromatic carbocycles. The summed E-state index contributed by atoms with van der Waals surface area (Å²) in [4.78, 5) is 9.32. The van der Waals surface area contributed by atoms with Gasteiger partial charge in [0.1, 0.15) is 0 Å². The topological polar surface area (TPSA) is 65.5 Å². The van der Waals surface area contributed by atoms with Crippen LogP contribution in [-0.4, -0.2) is 31.3 Å². The first kappa shape index (κ1) is 18.1. The number of hydrogen-bond donors (Lipinski definition) is 1. The van der Waals surface area contributed by atoms with Crippen molar-refractivity contribution in [3.63, 3.8) is 0 Å². The van der Waals surface area contributed by atoms with Crippen molar-refractivity contribution in [2.75, 3.05) is 26.6 Å². The Balaban J connectivity index is 1.72. The predicted molar refractivity (Wildman–Crippen MR) is 109 cm³/mol. The number of nitrogens with one attached hydrogen (secondary N) is 1. The number of ether oxygens (including phenoxy) is 3. The number of methoxy groups -OCH3 is 3. The van der Waals surface area contributed by atoms with Crippen molar-refractivity contribution >= 4 is 11.6 Å². The zero-order valence-electron chi connectivity index (χ0n) is 16.4. The summed E-state index contributed by atoms with van der Waals surface area (Å²) in [7, 11) is 4.77. The molecular formula is C22H23N3O3. The molecule has 6 heteroatoms. The van der Waals surface area contributed by atoms with Crippen LogP contribution in [0.2, 0.25) is 0 Å². The predicted octanol–water partition coefficient (Wildman–Crippen LogP) is 4.57. The van der Waals surface area contributed by atoms with Crippen LogP contribution in [0.3, 0.4) is 0 Å². The normalized spacial score (nSPS) is 14.6. The van der Waals surface area contributed by atoms with Gasteiger partial charge in [0.2, 0.25) is 11.7 Å². The van der Waals surface area contributed by atoms with Gasteiger partial charge in [-0.2, -0.15) is 0 Å². The van der Waals surface area contributed by atoms with E-state index >= 15 is 0 Å². The van der Waals surface area contributed by atoms with Crippen molar-refractivity contribution in [3.05, 3.63) is 53.7 Å². The smallest absolute Gasteiger partial charge is 0.227 e. The molecule has 1 N–H and O–H groups in total. The fraction of sp³-hybridized carbons (Fsp3) is 0.273. The quantitative estimate of drug-likeness (QED) is 0.702. The second-order valence-electron chi connectivity index (χ2n) is 6.80. The Morgan fingerprint density at radius 1 is 1.00 bits per heavy atom. The van der Waals surface area contributed by atoms with Crippen LogP contribution < -0.4 is 19.5 Å². The Morgan fingerprint density at radius 2 is 1.71 bits per heavy atom. The minimum absolute atomic E-state index is 0.459. The molecule has 1 aromatic heterocycles. The van der Waals surface area contributed by atoms with E-state index in [-0.39, 0.29) is 0 Å². The maximum atomic E-state index is 5.42. The van der Waals surface area contributed by atoms with Crippen LogP contribution in [0, 0.1) is 0 Å². The minimum atomic E-state index is 0.459. The van der Waals surface area contributed by atoms with Gasteiger partial charge in [-0.3, -0.25) is 0 Å². The van der Waals surface area contributed by atoms with Gasteiger partial charge in [-0.25, -0.2) is 9.97 Å². The van der Waals surface area contributed by atoms with Gasteiger partial charge < -0.3 is 19.5 Å². The highest BCUT2D eigenvalue weighted by Crippen LogP contribution is 2.41. The Bertz CT molecular complexity index is 995. The summed E-state index contributed by atoms with van der Waals surface area (Å²) in [5.74, 6) is 2.67. The largest absolute Gasteiger partial charge is 0.493 e. The molecular weight excluding hydrogens is 354 g/mol. The summed E-state index contributed by atoms with van der Waals surface area (Å²) in [6, 6.07) is 12.1. The van der Waals surface area contributed by atoms with Crippen LogP contribution >= 0.6 is 0 Å². The lowest BCUT2D eigenvalue weighted by atomic mass is 9.83. The molecule has 1 heterocycles. The van der Waals surface area contributed by atoms with E-state index in [1.54, 1.807) is 21.3 Å². The third kappa shape index (κ3) is 3.11. The first-order valence-corrected chi connectivity index (χ1v) is 9.16. The third-order valence-electron chi connectivity index (χ3n) is 5.06. The highest BCUT2D eigenvalue weighted by Gasteiger charge is 2.23. The minimum Gasteiger partial charge on any atom is -0.493 e. The average molecular weight is 377 g/mol. The average Bonchev–Trinajstić information content (AvgIpc) is 2.73. The van der Waals surface area contributed by atoms with Gasteiger partial charge in [-0.1, -0.05) is 31.2 Å². The molecule has 1 atom stereocenters. The molecule has 1 aliphatic carbocycles. The Kier molecular flexibility index (Phi) is 4.77. The van der Waals surface area contributed by atoms with Crippen LogP contribution in [0.4, 0.5) is 11.6 Å². The van der Waals surface area contributed by atoms with Crippen LogP contribution in [0.1, 0.15) is 24.0 Å². The van der Waals surface area contributed by atoms with Crippen molar-refractivity contribution in [2.45, 2.75) is 19.3 Å². The summed E-state index contributed by atoms with van der Waals surface area (Å²) in [6.45, 7) is 2.24. The monoisotopic (exact) mass is 377 g/mol. The Labute approximate surface area is 164 Å². The van der Waals surface area contributed by atoms with E-state index in [9.17, 15) is 0 Å². The molecule has 0 amide bonds. The van der Waals surface area contributed by atoms with Crippen molar-refractivity contribution in [1.82, 2.24) is 9.97 Å². The molecule has 0 fully saturated rings. The summed E-state index contributed by atoms with van der Waals surface area (Å²) in [5, 5.41) is 3.26. The van der Waals surface area contributed by atoms with Crippen molar-refractivity contribution in [1.29, 1.82) is 0 Å². The molecule has 0 saturated heterocycles. The summed E-state index contributed by atoms with van der Waals surface area (Å²) < 4.78 is 16.2. The van der Waals surface area contributed by atoms with Gasteiger partial charge in [-0.15, -0.1) is 0 Å². The number of benzene rings is 2. The molecule has 1 aliphatic rings. The molecule has 0 saturated carbocycles. The SMILES string of the molecule is COc1cc(Nc2ncc3c(n2)-c2ccccc2C(C)C3)cc(OC)c1OC. The molecule has 6 nitrogen and oxygen atoms in total. The maximum Gasteiger partial charge on any atom is 0.227 e. The van der Waals surface area contributed by atoms with Gasteiger partial charge in [0, 0.05) is 29.6 Å². The summed E-state index contributed by atoms with van der Waals surface area (Å²) >= 11 is 0. The fourth-order valence-corrected chi connectivity index (χ4v) is 3.71. The highest BCUT2D eigenvalue weighted by atomic mass is 16.5. The first-order chi connectivity index (χ1) is 13.6. The number of anilines is 2. The lowest BCUT2D eigenvalue weighted by Crippen LogP contribution is -2.11. The van der Waals surface area contributed by atoms with Crippen molar-refractivity contribution in [3.8, 4) is 28.5 Å². The third-order valence-corrected chi connectivity index (χ3v) is 5.06. The van der Waals surface area contributed by atoms with Gasteiger partial charge in [0.05, 0.1) is 27.0 Å². The molecule has 0 radical (unpaired) electrons. The van der Waals surface area contributed by atoms with Gasteiger partial charge >= 0.3 is 0 Å². The summed E-state index contributed by atoms with van der Waals surface area (Å²) in [6.07, 6.45) is 2.85. The van der Waals surface area contributed by atoms with E-state index in [0.29, 0.717) is 29.1 Å². The van der Waals surface area contributed by atoms with Crippen molar-refractivity contribution < 1.29 is 14.2 Å². The number of hydrogen-bond acceptors (Lipinski definition) is 6. The van der Waals surface area contributed by atoms with E-state index in [0.717, 1.165) is 17.8 Å². The highest BCUT2D eigenvalue weighted by molar-refractivity contribution is 5.72. The lowest BCUT2D eigenvalue weighted by Gasteiger charge is -2.24. The second-order valence-corrected chi connectivity index (χ2v) is 6.80. The molecule has 3 aromatic rings. The van der Waals surface area contributed by atoms with E-state index in [1.807, 2.05) is 18.3 Å². The Morgan fingerprint density at radius 3 is 2.39 bits per heavy atom. The Hall–Kier alpha value is -3.28. The first-order valence-electron chi connectivity index (χ1n) is 9.16. The van der Waals surface area contributed by atoms with E-state index in [4.69, 9.17) is 19.2 Å². The van der Waals surface area contributed by atoms with Crippen LogP contribution in [0.15, 0.2) is 42.6 Å². The van der Waals surface area contributed by atoms with Crippen LogP contribution in [0.5, 0.6) is 17.2 Å². The molecule has 144 valence electrons. The van der Waals surface area contributed by atoms with Gasteiger partial charge in [0.15, 0.2) is 11.5 Å². The lowest BCUT2D eigenvalue weighted by molar-refractivity contribution is 0.324. The van der Waals surface area contributed by atoms with Gasteiger partial charge in [0.25, 0.3) is 0 Å². The van der Waals surface area contributed by atoms with E-state index in [2.05, 4.69) is 41.5 Å². The fourth-order valence-electron chi connectivity index (χ4n) is 3.71. The van der Waals surface area contributed by atoms with Crippen molar-refractivity contribution in [2.24, 2.45) is 0 Å². The molecule has 28 heavy (non-hydrogen) atoms. The second kappa shape index (κ2) is 7.38. The molecule has 0 spiro atoms. The van der Waals surface area contributed by atoms with E-state index in [1.165, 1.54) is 16.7 Å². The standard InChI is InChI=1S/C22H23N3O3/c1-13-9-14-12-23-22(25-20(14)17-8-6-5-7-16(13)17)24-15-10-18(26-2)21(28-4)19(11-15)27-3/h5-8,10-13H,9H2,1-4H3,(H,23,24,25). The number of aromatic nitrogens is 2. The van der Waals surface area contributed by atoms with E-state index < -0.39 is 0 Å². The molecule has 0 aliphatic heterocycles. The maximum absolute atomic E-state index is 5.42. The molecule has 0 bridgehead atoms.